The average molecular weight is 384 g/mol. The lowest BCUT2D eigenvalue weighted by molar-refractivity contribution is 0.734. The van der Waals surface area contributed by atoms with Crippen LogP contribution in [0.1, 0.15) is 32.8 Å². The van der Waals surface area contributed by atoms with Crippen LogP contribution in [0.5, 0.6) is 0 Å². The zero-order valence-corrected chi connectivity index (χ0v) is 18.2. The summed E-state index contributed by atoms with van der Waals surface area (Å²) in [5.74, 6) is 0.443. The molecule has 1 atom stereocenters. The maximum atomic E-state index is 3.87. The van der Waals surface area contributed by atoms with Gasteiger partial charge in [-0.2, -0.15) is 0 Å². The van der Waals surface area contributed by atoms with E-state index >= 15 is 0 Å². The van der Waals surface area contributed by atoms with E-state index in [9.17, 15) is 0 Å². The van der Waals surface area contributed by atoms with Crippen molar-refractivity contribution in [3.8, 4) is 11.1 Å². The third-order valence-corrected chi connectivity index (χ3v) is 4.86. The van der Waals surface area contributed by atoms with E-state index in [1.807, 2.05) is 18.2 Å². The average Bonchev–Trinajstić information content (AvgIpc) is 2.70. The summed E-state index contributed by atoms with van der Waals surface area (Å²) in [6.45, 7) is 16.3. The van der Waals surface area contributed by atoms with Crippen LogP contribution >= 0.6 is 0 Å². The molecule has 0 N–H and O–H groups in total. The number of allylic oxidation sites excluding steroid dienone is 8. The Morgan fingerprint density at radius 1 is 0.897 bits per heavy atom. The van der Waals surface area contributed by atoms with Crippen LogP contribution in [-0.2, 0) is 0 Å². The molecular weight excluding hydrogens is 350 g/mol. The zero-order chi connectivity index (χ0) is 21.2. The minimum atomic E-state index is 0.443. The van der Waals surface area contributed by atoms with E-state index in [1.165, 1.54) is 22.4 Å². The number of aryl methyl sites for hydroxylation is 1. The maximum absolute atomic E-state index is 3.87. The highest BCUT2D eigenvalue weighted by Crippen LogP contribution is 2.29. The molecule has 2 rings (SSSR count). The van der Waals surface area contributed by atoms with Crippen LogP contribution < -0.4 is 4.90 Å². The molecule has 0 radical (unpaired) electrons. The van der Waals surface area contributed by atoms with Crippen molar-refractivity contribution in [2.75, 3.05) is 4.90 Å². The van der Waals surface area contributed by atoms with E-state index in [4.69, 9.17) is 0 Å². The minimum absolute atomic E-state index is 0.443. The van der Waals surface area contributed by atoms with E-state index in [0.29, 0.717) is 5.92 Å². The largest absolute Gasteiger partial charge is 0.319 e. The van der Waals surface area contributed by atoms with Crippen molar-refractivity contribution in [3.63, 3.8) is 0 Å². The van der Waals surface area contributed by atoms with Crippen molar-refractivity contribution in [3.05, 3.63) is 115 Å². The number of hydrogen-bond acceptors (Lipinski definition) is 1. The molecule has 1 nitrogen and oxygen atoms in total. The smallest absolute Gasteiger partial charge is 0.0455 e. The number of rotatable bonds is 9. The van der Waals surface area contributed by atoms with E-state index in [2.05, 4.69) is 106 Å². The lowest BCUT2D eigenvalue weighted by atomic mass is 10.0. The summed E-state index contributed by atoms with van der Waals surface area (Å²) in [5, 5.41) is 0. The fourth-order valence-electron chi connectivity index (χ4n) is 3.40. The topological polar surface area (TPSA) is 3.24 Å². The Hall–Kier alpha value is -3.06. The van der Waals surface area contributed by atoms with E-state index in [-0.39, 0.29) is 0 Å². The summed E-state index contributed by atoms with van der Waals surface area (Å²) in [7, 11) is 0. The van der Waals surface area contributed by atoms with Gasteiger partial charge < -0.3 is 4.90 Å². The first kappa shape index (κ1) is 22.2. The van der Waals surface area contributed by atoms with Crippen molar-refractivity contribution in [2.45, 2.75) is 34.1 Å². The van der Waals surface area contributed by atoms with Gasteiger partial charge in [0.05, 0.1) is 0 Å². The predicted molar refractivity (Wildman–Crippen MR) is 130 cm³/mol. The molecule has 0 aliphatic heterocycles. The van der Waals surface area contributed by atoms with Crippen molar-refractivity contribution in [1.29, 1.82) is 0 Å². The lowest BCUT2D eigenvalue weighted by Gasteiger charge is -2.27. The van der Waals surface area contributed by atoms with Crippen molar-refractivity contribution >= 4 is 5.69 Å². The van der Waals surface area contributed by atoms with Gasteiger partial charge in [0.25, 0.3) is 0 Å². The highest BCUT2D eigenvalue weighted by Gasteiger charge is 2.12. The Kier molecular flexibility index (Phi) is 8.48. The molecule has 0 fully saturated rings. The molecule has 29 heavy (non-hydrogen) atoms. The van der Waals surface area contributed by atoms with Crippen LogP contribution in [-0.4, -0.2) is 0 Å². The molecule has 0 bridgehead atoms. The normalized spacial score (nSPS) is 13.4. The molecule has 150 valence electrons. The molecule has 2 aromatic carbocycles. The van der Waals surface area contributed by atoms with Gasteiger partial charge in [0, 0.05) is 17.1 Å². The fraction of sp³-hybridized carbons (Fsp3) is 0.214. The molecule has 1 unspecified atom stereocenters. The standard InChI is InChI=1S/C28H33N/c1-7-9-10-12-24(5)29(25(6)21-23(4)11-8-2)28-19-17-27(18-20-28)26-15-13-22(3)14-16-26/h7-10,12-21,23H,1-2,11H2,3-6H3/b10-9-,24-12+,25-21+. The molecule has 0 spiro atoms. The van der Waals surface area contributed by atoms with Gasteiger partial charge >= 0.3 is 0 Å². The minimum Gasteiger partial charge on any atom is -0.319 e. The Morgan fingerprint density at radius 2 is 1.48 bits per heavy atom. The second kappa shape index (κ2) is 11.1. The first-order chi connectivity index (χ1) is 14.0. The maximum Gasteiger partial charge on any atom is 0.0455 e. The Bertz CT molecular complexity index is 892. The van der Waals surface area contributed by atoms with Crippen LogP contribution in [0.2, 0.25) is 0 Å². The molecule has 0 aliphatic rings. The lowest BCUT2D eigenvalue weighted by Crippen LogP contribution is -2.19. The molecule has 0 heterocycles. The van der Waals surface area contributed by atoms with E-state index in [0.717, 1.165) is 17.8 Å². The number of benzene rings is 2. The monoisotopic (exact) mass is 383 g/mol. The third-order valence-electron chi connectivity index (χ3n) is 4.86. The van der Waals surface area contributed by atoms with E-state index < -0.39 is 0 Å². The highest BCUT2D eigenvalue weighted by atomic mass is 15.1. The Morgan fingerprint density at radius 3 is 2.03 bits per heavy atom. The summed E-state index contributed by atoms with van der Waals surface area (Å²) in [6.07, 6.45) is 13.1. The SMILES string of the molecule is C=C/C=C\C=C(/C)N(/C(C)=C/C(C)CC=C)c1ccc(-c2ccc(C)cc2)cc1. The van der Waals surface area contributed by atoms with Gasteiger partial charge in [-0.1, -0.05) is 85.8 Å². The first-order valence-corrected chi connectivity index (χ1v) is 10.2. The molecule has 2 aromatic rings. The van der Waals surface area contributed by atoms with Gasteiger partial charge in [0.15, 0.2) is 0 Å². The number of hydrogen-bond donors (Lipinski definition) is 0. The van der Waals surface area contributed by atoms with Crippen LogP contribution in [0.25, 0.3) is 11.1 Å². The molecule has 0 aliphatic carbocycles. The predicted octanol–water partition coefficient (Wildman–Crippen LogP) is 8.23. The highest BCUT2D eigenvalue weighted by molar-refractivity contribution is 5.68. The van der Waals surface area contributed by atoms with Gasteiger partial charge in [-0.25, -0.2) is 0 Å². The second-order valence-electron chi connectivity index (χ2n) is 7.49. The van der Waals surface area contributed by atoms with Crippen LogP contribution in [0, 0.1) is 12.8 Å². The van der Waals surface area contributed by atoms with Gasteiger partial charge in [-0.3, -0.25) is 0 Å². The van der Waals surface area contributed by atoms with Crippen molar-refractivity contribution in [2.24, 2.45) is 5.92 Å². The quantitative estimate of drug-likeness (QED) is 0.311. The molecule has 0 saturated heterocycles. The van der Waals surface area contributed by atoms with Gasteiger partial charge in [-0.15, -0.1) is 6.58 Å². The van der Waals surface area contributed by atoms with Crippen molar-refractivity contribution < 1.29 is 0 Å². The number of nitrogens with zero attached hydrogens (tertiary/aromatic N) is 1. The van der Waals surface area contributed by atoms with E-state index in [1.54, 1.807) is 6.08 Å². The second-order valence-corrected chi connectivity index (χ2v) is 7.49. The molecule has 0 aromatic heterocycles. The fourth-order valence-corrected chi connectivity index (χ4v) is 3.40. The van der Waals surface area contributed by atoms with Gasteiger partial charge in [0.1, 0.15) is 0 Å². The van der Waals surface area contributed by atoms with Crippen molar-refractivity contribution in [1.82, 2.24) is 0 Å². The van der Waals surface area contributed by atoms with Gasteiger partial charge in [0.2, 0.25) is 0 Å². The molecular formula is C28H33N. The Balaban J connectivity index is 2.40. The Labute approximate surface area is 177 Å². The summed E-state index contributed by atoms with van der Waals surface area (Å²) in [5.41, 5.74) is 7.26. The molecule has 0 saturated carbocycles. The van der Waals surface area contributed by atoms with Crippen LogP contribution in [0.15, 0.2) is 110 Å². The summed E-state index contributed by atoms with van der Waals surface area (Å²) >= 11 is 0. The summed E-state index contributed by atoms with van der Waals surface area (Å²) < 4.78 is 0. The summed E-state index contributed by atoms with van der Waals surface area (Å²) in [4.78, 5) is 2.30. The zero-order valence-electron chi connectivity index (χ0n) is 18.2. The third kappa shape index (κ3) is 6.50. The van der Waals surface area contributed by atoms with Crippen LogP contribution in [0.4, 0.5) is 5.69 Å². The number of anilines is 1. The van der Waals surface area contributed by atoms with Crippen LogP contribution in [0.3, 0.4) is 0 Å². The molecule has 0 amide bonds. The summed E-state index contributed by atoms with van der Waals surface area (Å²) in [6, 6.07) is 17.4. The first-order valence-electron chi connectivity index (χ1n) is 10.2. The van der Waals surface area contributed by atoms with Gasteiger partial charge in [-0.05, 0) is 62.4 Å². The molecule has 1 heteroatoms.